The van der Waals surface area contributed by atoms with Gasteiger partial charge in [-0.25, -0.2) is 0 Å². The Morgan fingerprint density at radius 3 is 3.00 bits per heavy atom. The summed E-state index contributed by atoms with van der Waals surface area (Å²) in [6.45, 7) is 3.77. The van der Waals surface area contributed by atoms with Gasteiger partial charge in [-0.2, -0.15) is 0 Å². The van der Waals surface area contributed by atoms with Crippen molar-refractivity contribution in [3.8, 4) is 0 Å². The third-order valence-corrected chi connectivity index (χ3v) is 4.45. The molecule has 0 radical (unpaired) electrons. The molecule has 0 bridgehead atoms. The number of aryl methyl sites for hydroxylation is 1. The SMILES string of the molecule is Cc1ccc(Br)c(NC(=O)c2cccc3c2CCNC3)c1. The van der Waals surface area contributed by atoms with Crippen molar-refractivity contribution in [2.24, 2.45) is 0 Å². The first-order chi connectivity index (χ1) is 10.1. The topological polar surface area (TPSA) is 41.1 Å². The third kappa shape index (κ3) is 3.01. The van der Waals surface area contributed by atoms with E-state index in [4.69, 9.17) is 0 Å². The van der Waals surface area contributed by atoms with Crippen molar-refractivity contribution in [2.75, 3.05) is 11.9 Å². The van der Waals surface area contributed by atoms with Crippen molar-refractivity contribution in [3.05, 3.63) is 63.1 Å². The van der Waals surface area contributed by atoms with Gasteiger partial charge in [-0.15, -0.1) is 0 Å². The standard InChI is InChI=1S/C17H17BrN2O/c1-11-5-6-15(18)16(9-11)20-17(21)14-4-2-3-12-10-19-8-7-13(12)14/h2-6,9,19H,7-8,10H2,1H3,(H,20,21). The van der Waals surface area contributed by atoms with Crippen LogP contribution in [0.15, 0.2) is 40.9 Å². The van der Waals surface area contributed by atoms with E-state index in [2.05, 4.69) is 32.6 Å². The second-order valence-electron chi connectivity index (χ2n) is 5.31. The van der Waals surface area contributed by atoms with Crippen LogP contribution in [-0.2, 0) is 13.0 Å². The molecule has 0 atom stereocenters. The first-order valence-electron chi connectivity index (χ1n) is 7.04. The van der Waals surface area contributed by atoms with Crippen LogP contribution >= 0.6 is 15.9 Å². The van der Waals surface area contributed by atoms with Gasteiger partial charge in [0.15, 0.2) is 0 Å². The molecule has 3 nitrogen and oxygen atoms in total. The highest BCUT2D eigenvalue weighted by Crippen LogP contribution is 2.25. The Morgan fingerprint density at radius 1 is 1.29 bits per heavy atom. The lowest BCUT2D eigenvalue weighted by Crippen LogP contribution is -2.26. The molecule has 0 fully saturated rings. The average molecular weight is 345 g/mol. The molecule has 1 heterocycles. The Labute approximate surface area is 132 Å². The zero-order valence-electron chi connectivity index (χ0n) is 11.9. The van der Waals surface area contributed by atoms with Crippen LogP contribution in [0.2, 0.25) is 0 Å². The number of halogens is 1. The Morgan fingerprint density at radius 2 is 2.14 bits per heavy atom. The maximum absolute atomic E-state index is 12.6. The molecule has 2 aromatic carbocycles. The maximum Gasteiger partial charge on any atom is 0.255 e. The quantitative estimate of drug-likeness (QED) is 0.872. The van der Waals surface area contributed by atoms with Gasteiger partial charge in [0, 0.05) is 16.6 Å². The van der Waals surface area contributed by atoms with Crippen LogP contribution in [0.1, 0.15) is 27.0 Å². The van der Waals surface area contributed by atoms with Crippen LogP contribution in [0.5, 0.6) is 0 Å². The lowest BCUT2D eigenvalue weighted by molar-refractivity contribution is 0.102. The molecule has 3 rings (SSSR count). The van der Waals surface area contributed by atoms with Gasteiger partial charge in [0.05, 0.1) is 5.69 Å². The lowest BCUT2D eigenvalue weighted by Gasteiger charge is -2.20. The van der Waals surface area contributed by atoms with Crippen molar-refractivity contribution >= 4 is 27.5 Å². The van der Waals surface area contributed by atoms with E-state index in [-0.39, 0.29) is 5.91 Å². The smallest absolute Gasteiger partial charge is 0.255 e. The highest BCUT2D eigenvalue weighted by molar-refractivity contribution is 9.10. The number of anilines is 1. The van der Waals surface area contributed by atoms with E-state index >= 15 is 0 Å². The molecule has 4 heteroatoms. The molecule has 108 valence electrons. The van der Waals surface area contributed by atoms with Crippen molar-refractivity contribution < 1.29 is 4.79 Å². The largest absolute Gasteiger partial charge is 0.321 e. The summed E-state index contributed by atoms with van der Waals surface area (Å²) >= 11 is 3.48. The second-order valence-corrected chi connectivity index (χ2v) is 6.16. The number of carbonyl (C=O) groups excluding carboxylic acids is 1. The van der Waals surface area contributed by atoms with Crippen molar-refractivity contribution in [3.63, 3.8) is 0 Å². The van der Waals surface area contributed by atoms with Crippen LogP contribution in [0.25, 0.3) is 0 Å². The molecule has 2 N–H and O–H groups in total. The monoisotopic (exact) mass is 344 g/mol. The first-order valence-corrected chi connectivity index (χ1v) is 7.83. The summed E-state index contributed by atoms with van der Waals surface area (Å²) in [4.78, 5) is 12.6. The summed E-state index contributed by atoms with van der Waals surface area (Å²) in [6.07, 6.45) is 0.897. The predicted molar refractivity (Wildman–Crippen MR) is 88.7 cm³/mol. The molecule has 0 aromatic heterocycles. The summed E-state index contributed by atoms with van der Waals surface area (Å²) < 4.78 is 0.896. The zero-order chi connectivity index (χ0) is 14.8. The van der Waals surface area contributed by atoms with E-state index in [1.165, 1.54) is 5.56 Å². The molecular formula is C17H17BrN2O. The average Bonchev–Trinajstić information content (AvgIpc) is 2.50. The zero-order valence-corrected chi connectivity index (χ0v) is 13.5. The Kier molecular flexibility index (Phi) is 4.08. The Balaban J connectivity index is 1.91. The van der Waals surface area contributed by atoms with Gasteiger partial charge in [-0.3, -0.25) is 4.79 Å². The fourth-order valence-corrected chi connectivity index (χ4v) is 3.01. The summed E-state index contributed by atoms with van der Waals surface area (Å²) in [5, 5.41) is 6.35. The molecule has 2 aromatic rings. The van der Waals surface area contributed by atoms with E-state index in [0.29, 0.717) is 0 Å². The number of rotatable bonds is 2. The van der Waals surface area contributed by atoms with Gasteiger partial charge in [0.2, 0.25) is 0 Å². The molecule has 1 aliphatic heterocycles. The van der Waals surface area contributed by atoms with Crippen LogP contribution < -0.4 is 10.6 Å². The molecule has 0 saturated heterocycles. The molecule has 21 heavy (non-hydrogen) atoms. The molecule has 0 unspecified atom stereocenters. The number of amides is 1. The first kappa shape index (κ1) is 14.3. The minimum Gasteiger partial charge on any atom is -0.321 e. The summed E-state index contributed by atoms with van der Waals surface area (Å²) in [6, 6.07) is 11.9. The van der Waals surface area contributed by atoms with Gasteiger partial charge < -0.3 is 10.6 Å². The maximum atomic E-state index is 12.6. The number of hydrogen-bond donors (Lipinski definition) is 2. The van der Waals surface area contributed by atoms with Gasteiger partial charge in [-0.1, -0.05) is 18.2 Å². The summed E-state index contributed by atoms with van der Waals surface area (Å²) in [7, 11) is 0. The minimum atomic E-state index is -0.0416. The van der Waals surface area contributed by atoms with Crippen LogP contribution in [0, 0.1) is 6.92 Å². The van der Waals surface area contributed by atoms with E-state index in [0.717, 1.165) is 46.4 Å². The lowest BCUT2D eigenvalue weighted by atomic mass is 9.95. The second kappa shape index (κ2) is 6.00. The van der Waals surface area contributed by atoms with E-state index < -0.39 is 0 Å². The number of carbonyl (C=O) groups is 1. The van der Waals surface area contributed by atoms with Crippen LogP contribution in [0.3, 0.4) is 0 Å². The highest BCUT2D eigenvalue weighted by Gasteiger charge is 2.17. The Bertz CT molecular complexity index is 697. The third-order valence-electron chi connectivity index (χ3n) is 3.75. The van der Waals surface area contributed by atoms with E-state index in [1.807, 2.05) is 37.3 Å². The predicted octanol–water partition coefficient (Wildman–Crippen LogP) is 3.66. The summed E-state index contributed by atoms with van der Waals surface area (Å²) in [5.74, 6) is -0.0416. The van der Waals surface area contributed by atoms with Gasteiger partial charge in [0.25, 0.3) is 5.91 Å². The number of fused-ring (bicyclic) bond motifs is 1. The molecule has 1 amide bonds. The molecule has 0 spiro atoms. The number of benzene rings is 2. The minimum absolute atomic E-state index is 0.0416. The van der Waals surface area contributed by atoms with Crippen molar-refractivity contribution in [1.29, 1.82) is 0 Å². The Hall–Kier alpha value is -1.65. The molecule has 1 aliphatic rings. The van der Waals surface area contributed by atoms with Gasteiger partial charge in [0.1, 0.15) is 0 Å². The molecule has 0 saturated carbocycles. The normalized spacial score (nSPS) is 13.6. The van der Waals surface area contributed by atoms with Gasteiger partial charge >= 0.3 is 0 Å². The molecular weight excluding hydrogens is 328 g/mol. The van der Waals surface area contributed by atoms with Crippen LogP contribution in [0.4, 0.5) is 5.69 Å². The van der Waals surface area contributed by atoms with Crippen molar-refractivity contribution in [2.45, 2.75) is 19.9 Å². The summed E-state index contributed by atoms with van der Waals surface area (Å²) in [5.41, 5.74) is 5.09. The van der Waals surface area contributed by atoms with Crippen molar-refractivity contribution in [1.82, 2.24) is 5.32 Å². The highest BCUT2D eigenvalue weighted by atomic mass is 79.9. The number of hydrogen-bond acceptors (Lipinski definition) is 2. The van der Waals surface area contributed by atoms with E-state index in [1.54, 1.807) is 0 Å². The fraction of sp³-hybridized carbons (Fsp3) is 0.235. The van der Waals surface area contributed by atoms with Gasteiger partial charge in [-0.05, 0) is 70.7 Å². The van der Waals surface area contributed by atoms with E-state index in [9.17, 15) is 4.79 Å². The molecule has 0 aliphatic carbocycles. The van der Waals surface area contributed by atoms with Crippen LogP contribution in [-0.4, -0.2) is 12.5 Å². The number of nitrogens with one attached hydrogen (secondary N) is 2. The fourth-order valence-electron chi connectivity index (χ4n) is 2.67.